The molecule has 1 rings (SSSR count). The molecule has 1 aromatic rings. The second-order valence-corrected chi connectivity index (χ2v) is 4.48. The molecule has 0 bridgehead atoms. The number of nitriles is 1. The van der Waals surface area contributed by atoms with Crippen LogP contribution in [0.25, 0.3) is 0 Å². The van der Waals surface area contributed by atoms with Gasteiger partial charge in [-0.2, -0.15) is 5.26 Å². The van der Waals surface area contributed by atoms with Crippen LogP contribution in [0, 0.1) is 11.3 Å². The molecule has 0 radical (unpaired) electrons. The predicted octanol–water partition coefficient (Wildman–Crippen LogP) is 3.09. The monoisotopic (exact) mass is 207 g/mol. The van der Waals surface area contributed by atoms with E-state index in [2.05, 4.69) is 6.07 Å². The summed E-state index contributed by atoms with van der Waals surface area (Å²) in [6, 6.07) is 10.1. The van der Waals surface area contributed by atoms with Crippen LogP contribution in [0.15, 0.2) is 29.2 Å². The minimum atomic E-state index is 0.326. The lowest BCUT2D eigenvalue weighted by atomic mass is 10.3. The first-order valence-electron chi connectivity index (χ1n) is 4.44. The van der Waals surface area contributed by atoms with E-state index in [-0.39, 0.29) is 0 Å². The number of thioether (sulfide) groups is 1. The number of rotatable bonds is 4. The summed E-state index contributed by atoms with van der Waals surface area (Å²) in [6.45, 7) is 2.05. The van der Waals surface area contributed by atoms with Gasteiger partial charge in [-0.05, 0) is 18.2 Å². The number of hydrogen-bond acceptors (Lipinski definition) is 3. The normalized spacial score (nSPS) is 11.8. The van der Waals surface area contributed by atoms with Crippen LogP contribution in [0.2, 0.25) is 0 Å². The Morgan fingerprint density at radius 2 is 2.36 bits per heavy atom. The van der Waals surface area contributed by atoms with Crippen molar-refractivity contribution >= 4 is 11.8 Å². The summed E-state index contributed by atoms with van der Waals surface area (Å²) in [7, 11) is 1.66. The Balaban J connectivity index is 2.63. The molecule has 14 heavy (non-hydrogen) atoms. The van der Waals surface area contributed by atoms with Crippen LogP contribution in [-0.2, 0) is 0 Å². The van der Waals surface area contributed by atoms with Crippen molar-refractivity contribution in [2.75, 3.05) is 7.11 Å². The number of hydrogen-bond donors (Lipinski definition) is 0. The lowest BCUT2D eigenvalue weighted by Crippen LogP contribution is -1.93. The minimum absolute atomic E-state index is 0.326. The van der Waals surface area contributed by atoms with Crippen molar-refractivity contribution in [3.63, 3.8) is 0 Å². The van der Waals surface area contributed by atoms with Gasteiger partial charge in [-0.3, -0.25) is 0 Å². The molecule has 0 saturated carbocycles. The summed E-state index contributed by atoms with van der Waals surface area (Å²) in [4.78, 5) is 1.15. The Hall–Kier alpha value is -1.14. The van der Waals surface area contributed by atoms with Gasteiger partial charge in [-0.25, -0.2) is 0 Å². The quantitative estimate of drug-likeness (QED) is 0.711. The first-order valence-corrected chi connectivity index (χ1v) is 5.32. The number of ether oxygens (including phenoxy) is 1. The summed E-state index contributed by atoms with van der Waals surface area (Å²) in [5.74, 6) is 0.860. The summed E-state index contributed by atoms with van der Waals surface area (Å²) >= 11 is 1.70. The SMILES string of the molecule is COc1cccc(SC(C)CC#N)c1. The highest BCUT2D eigenvalue weighted by Gasteiger charge is 2.04. The maximum atomic E-state index is 8.53. The van der Waals surface area contributed by atoms with Crippen LogP contribution in [0.1, 0.15) is 13.3 Å². The van der Waals surface area contributed by atoms with Gasteiger partial charge in [0.05, 0.1) is 13.2 Å². The molecule has 0 aromatic heterocycles. The van der Waals surface area contributed by atoms with Gasteiger partial charge in [0.1, 0.15) is 5.75 Å². The van der Waals surface area contributed by atoms with E-state index in [0.717, 1.165) is 10.6 Å². The van der Waals surface area contributed by atoms with Crippen molar-refractivity contribution in [2.45, 2.75) is 23.5 Å². The van der Waals surface area contributed by atoms with Crippen LogP contribution in [-0.4, -0.2) is 12.4 Å². The van der Waals surface area contributed by atoms with Gasteiger partial charge < -0.3 is 4.74 Å². The van der Waals surface area contributed by atoms with Gasteiger partial charge >= 0.3 is 0 Å². The first kappa shape index (κ1) is 10.9. The molecule has 0 N–H and O–H groups in total. The number of benzene rings is 1. The molecule has 0 aliphatic heterocycles. The highest BCUT2D eigenvalue weighted by atomic mass is 32.2. The average molecular weight is 207 g/mol. The molecule has 3 heteroatoms. The third-order valence-corrected chi connectivity index (χ3v) is 2.85. The highest BCUT2D eigenvalue weighted by molar-refractivity contribution is 8.00. The van der Waals surface area contributed by atoms with E-state index in [0.29, 0.717) is 11.7 Å². The first-order chi connectivity index (χ1) is 6.76. The molecular formula is C11H13NOS. The van der Waals surface area contributed by atoms with E-state index < -0.39 is 0 Å². The maximum Gasteiger partial charge on any atom is 0.119 e. The zero-order valence-corrected chi connectivity index (χ0v) is 9.17. The Kier molecular flexibility index (Phi) is 4.34. The molecule has 0 heterocycles. The largest absolute Gasteiger partial charge is 0.497 e. The maximum absolute atomic E-state index is 8.53. The summed E-state index contributed by atoms with van der Waals surface area (Å²) < 4.78 is 5.12. The average Bonchev–Trinajstić information content (AvgIpc) is 2.18. The third-order valence-electron chi connectivity index (χ3n) is 1.76. The van der Waals surface area contributed by atoms with Crippen molar-refractivity contribution < 1.29 is 4.74 Å². The predicted molar refractivity (Wildman–Crippen MR) is 58.5 cm³/mol. The van der Waals surface area contributed by atoms with Crippen molar-refractivity contribution in [3.8, 4) is 11.8 Å². The molecule has 74 valence electrons. The number of nitrogens with zero attached hydrogens (tertiary/aromatic N) is 1. The lowest BCUT2D eigenvalue weighted by Gasteiger charge is -2.07. The van der Waals surface area contributed by atoms with Crippen LogP contribution in [0.5, 0.6) is 5.75 Å². The molecule has 0 spiro atoms. The van der Waals surface area contributed by atoms with Gasteiger partial charge in [0.25, 0.3) is 0 Å². The van der Waals surface area contributed by atoms with Gasteiger partial charge in [0.15, 0.2) is 0 Å². The fraction of sp³-hybridized carbons (Fsp3) is 0.364. The Morgan fingerprint density at radius 3 is 3.00 bits per heavy atom. The van der Waals surface area contributed by atoms with Crippen molar-refractivity contribution in [1.29, 1.82) is 5.26 Å². The van der Waals surface area contributed by atoms with Crippen LogP contribution in [0.3, 0.4) is 0 Å². The van der Waals surface area contributed by atoms with E-state index in [1.54, 1.807) is 18.9 Å². The van der Waals surface area contributed by atoms with Gasteiger partial charge in [0, 0.05) is 16.6 Å². The zero-order chi connectivity index (χ0) is 10.4. The smallest absolute Gasteiger partial charge is 0.119 e. The van der Waals surface area contributed by atoms with Gasteiger partial charge in [0.2, 0.25) is 0 Å². The van der Waals surface area contributed by atoms with Crippen molar-refractivity contribution in [1.82, 2.24) is 0 Å². The van der Waals surface area contributed by atoms with E-state index >= 15 is 0 Å². The van der Waals surface area contributed by atoms with Crippen LogP contribution in [0.4, 0.5) is 0 Å². The molecule has 0 amide bonds. The zero-order valence-electron chi connectivity index (χ0n) is 8.36. The van der Waals surface area contributed by atoms with Crippen molar-refractivity contribution in [3.05, 3.63) is 24.3 Å². The summed E-state index contributed by atoms with van der Waals surface area (Å²) in [5.41, 5.74) is 0. The second-order valence-electron chi connectivity index (χ2n) is 2.97. The molecule has 0 fully saturated rings. The molecule has 0 saturated heterocycles. The van der Waals surface area contributed by atoms with E-state index in [1.165, 1.54) is 0 Å². The molecule has 0 aliphatic carbocycles. The highest BCUT2D eigenvalue weighted by Crippen LogP contribution is 2.27. The minimum Gasteiger partial charge on any atom is -0.497 e. The second kappa shape index (κ2) is 5.56. The van der Waals surface area contributed by atoms with Gasteiger partial charge in [-0.15, -0.1) is 11.8 Å². The molecule has 1 atom stereocenters. The fourth-order valence-corrected chi connectivity index (χ4v) is 2.04. The van der Waals surface area contributed by atoms with Crippen LogP contribution < -0.4 is 4.74 Å². The molecule has 0 aliphatic rings. The lowest BCUT2D eigenvalue weighted by molar-refractivity contribution is 0.413. The Labute approximate surface area is 88.9 Å². The standard InChI is InChI=1S/C11H13NOS/c1-9(6-7-12)14-11-5-3-4-10(8-11)13-2/h3-5,8-9H,6H2,1-2H3. The molecule has 1 aromatic carbocycles. The van der Waals surface area contributed by atoms with E-state index in [4.69, 9.17) is 10.00 Å². The molecule has 2 nitrogen and oxygen atoms in total. The summed E-state index contributed by atoms with van der Waals surface area (Å²) in [6.07, 6.45) is 0.571. The topological polar surface area (TPSA) is 33.0 Å². The number of methoxy groups -OCH3 is 1. The fourth-order valence-electron chi connectivity index (χ4n) is 1.08. The molecule has 1 unspecified atom stereocenters. The molecular weight excluding hydrogens is 194 g/mol. The Morgan fingerprint density at radius 1 is 1.57 bits per heavy atom. The van der Waals surface area contributed by atoms with E-state index in [1.807, 2.05) is 31.2 Å². The third kappa shape index (κ3) is 3.31. The Bertz CT molecular complexity index is 332. The summed E-state index contributed by atoms with van der Waals surface area (Å²) in [5, 5.41) is 8.85. The van der Waals surface area contributed by atoms with Gasteiger partial charge in [-0.1, -0.05) is 13.0 Å². The van der Waals surface area contributed by atoms with E-state index in [9.17, 15) is 0 Å². The van der Waals surface area contributed by atoms with Crippen LogP contribution >= 0.6 is 11.8 Å². The van der Waals surface area contributed by atoms with Crippen molar-refractivity contribution in [2.24, 2.45) is 0 Å².